The maximum absolute atomic E-state index is 5.87. The molecule has 2 unspecified atom stereocenters. The van der Waals surface area contributed by atoms with Crippen LogP contribution in [0.2, 0.25) is 0 Å². The summed E-state index contributed by atoms with van der Waals surface area (Å²) in [6, 6.07) is 9.46. The van der Waals surface area contributed by atoms with Gasteiger partial charge >= 0.3 is 0 Å². The molecule has 1 aliphatic rings. The van der Waals surface area contributed by atoms with Gasteiger partial charge in [-0.25, -0.2) is 0 Å². The Morgan fingerprint density at radius 2 is 2.20 bits per heavy atom. The van der Waals surface area contributed by atoms with Crippen LogP contribution in [0.15, 0.2) is 24.3 Å². The Morgan fingerprint density at radius 3 is 2.90 bits per heavy atom. The van der Waals surface area contributed by atoms with E-state index in [0.717, 1.165) is 32.0 Å². The number of hydrogen-bond donors (Lipinski definition) is 1. The lowest BCUT2D eigenvalue weighted by Gasteiger charge is -2.40. The summed E-state index contributed by atoms with van der Waals surface area (Å²) in [7, 11) is 0. The molecule has 0 radical (unpaired) electrons. The molecule has 20 heavy (non-hydrogen) atoms. The van der Waals surface area contributed by atoms with E-state index < -0.39 is 0 Å². The van der Waals surface area contributed by atoms with Crippen molar-refractivity contribution in [1.82, 2.24) is 10.2 Å². The highest BCUT2D eigenvalue weighted by atomic mass is 16.5. The molecule has 1 aliphatic heterocycles. The average Bonchev–Trinajstić information content (AvgIpc) is 2.40. The predicted molar refractivity (Wildman–Crippen MR) is 84.3 cm³/mol. The van der Waals surface area contributed by atoms with Gasteiger partial charge in [-0.3, -0.25) is 4.90 Å². The first-order valence-electron chi connectivity index (χ1n) is 7.73. The van der Waals surface area contributed by atoms with E-state index in [2.05, 4.69) is 50.0 Å². The fourth-order valence-electron chi connectivity index (χ4n) is 2.69. The van der Waals surface area contributed by atoms with Crippen LogP contribution >= 0.6 is 0 Å². The monoisotopic (exact) mass is 276 g/mol. The third-order valence-corrected chi connectivity index (χ3v) is 4.17. The molecule has 0 amide bonds. The number of piperazine rings is 1. The minimum atomic E-state index is 0.589. The topological polar surface area (TPSA) is 24.5 Å². The Kier molecular flexibility index (Phi) is 5.44. The zero-order valence-electron chi connectivity index (χ0n) is 13.2. The van der Waals surface area contributed by atoms with Crippen molar-refractivity contribution in [3.8, 4) is 5.75 Å². The van der Waals surface area contributed by atoms with E-state index in [1.807, 2.05) is 12.1 Å². The van der Waals surface area contributed by atoms with Crippen molar-refractivity contribution in [3.63, 3.8) is 0 Å². The van der Waals surface area contributed by atoms with Gasteiger partial charge < -0.3 is 10.1 Å². The molecule has 2 rings (SSSR count). The van der Waals surface area contributed by atoms with E-state index in [0.29, 0.717) is 18.0 Å². The summed E-state index contributed by atoms with van der Waals surface area (Å²) < 4.78 is 5.87. The number of aryl methyl sites for hydroxylation is 1. The van der Waals surface area contributed by atoms with Gasteiger partial charge in [-0.1, -0.05) is 26.0 Å². The molecule has 3 heteroatoms. The summed E-state index contributed by atoms with van der Waals surface area (Å²) in [5.74, 6) is 1.66. The van der Waals surface area contributed by atoms with E-state index in [1.165, 1.54) is 5.56 Å². The molecule has 0 aliphatic carbocycles. The first-order valence-corrected chi connectivity index (χ1v) is 7.73. The van der Waals surface area contributed by atoms with Crippen LogP contribution in [0.5, 0.6) is 5.75 Å². The van der Waals surface area contributed by atoms with Gasteiger partial charge in [0.15, 0.2) is 0 Å². The average molecular weight is 276 g/mol. The lowest BCUT2D eigenvalue weighted by Crippen LogP contribution is -2.57. The Hall–Kier alpha value is -1.06. The number of ether oxygens (including phenoxy) is 1. The van der Waals surface area contributed by atoms with Gasteiger partial charge in [0.2, 0.25) is 0 Å². The molecule has 0 bridgehead atoms. The Morgan fingerprint density at radius 1 is 1.40 bits per heavy atom. The van der Waals surface area contributed by atoms with E-state index in [4.69, 9.17) is 4.74 Å². The van der Waals surface area contributed by atoms with Crippen LogP contribution in [0, 0.1) is 12.8 Å². The van der Waals surface area contributed by atoms with Crippen molar-refractivity contribution in [1.29, 1.82) is 0 Å². The molecule has 1 saturated heterocycles. The van der Waals surface area contributed by atoms with Crippen LogP contribution < -0.4 is 10.1 Å². The largest absolute Gasteiger partial charge is 0.492 e. The quantitative estimate of drug-likeness (QED) is 0.895. The SMILES string of the molecule is Cc1cccc(OCCN2CC(C(C)C)NCC2C)c1. The zero-order chi connectivity index (χ0) is 14.5. The molecule has 3 nitrogen and oxygen atoms in total. The van der Waals surface area contributed by atoms with Gasteiger partial charge in [-0.05, 0) is 37.5 Å². The second-order valence-corrected chi connectivity index (χ2v) is 6.27. The fourth-order valence-corrected chi connectivity index (χ4v) is 2.69. The van der Waals surface area contributed by atoms with Crippen LogP contribution in [0.25, 0.3) is 0 Å². The second kappa shape index (κ2) is 7.09. The molecule has 1 aromatic rings. The number of nitrogens with one attached hydrogen (secondary N) is 1. The van der Waals surface area contributed by atoms with Gasteiger partial charge in [0.25, 0.3) is 0 Å². The maximum Gasteiger partial charge on any atom is 0.119 e. The van der Waals surface area contributed by atoms with Crippen LogP contribution in [-0.4, -0.2) is 43.2 Å². The molecule has 1 N–H and O–H groups in total. The Labute approximate surface area is 123 Å². The lowest BCUT2D eigenvalue weighted by atomic mass is 10.00. The van der Waals surface area contributed by atoms with E-state index in [1.54, 1.807) is 0 Å². The first kappa shape index (κ1) is 15.3. The molecule has 2 atom stereocenters. The van der Waals surface area contributed by atoms with E-state index >= 15 is 0 Å². The summed E-state index contributed by atoms with van der Waals surface area (Å²) in [5, 5.41) is 3.63. The van der Waals surface area contributed by atoms with Gasteiger partial charge in [-0.2, -0.15) is 0 Å². The normalized spacial score (nSPS) is 24.1. The number of hydrogen-bond acceptors (Lipinski definition) is 3. The number of nitrogens with zero attached hydrogens (tertiary/aromatic N) is 1. The number of rotatable bonds is 5. The lowest BCUT2D eigenvalue weighted by molar-refractivity contribution is 0.104. The smallest absolute Gasteiger partial charge is 0.119 e. The van der Waals surface area contributed by atoms with Crippen LogP contribution in [0.4, 0.5) is 0 Å². The Balaban J connectivity index is 1.80. The summed E-state index contributed by atoms with van der Waals surface area (Å²) in [4.78, 5) is 2.54. The molecule has 1 fully saturated rings. The van der Waals surface area contributed by atoms with Gasteiger partial charge in [0.1, 0.15) is 12.4 Å². The third kappa shape index (κ3) is 4.22. The predicted octanol–water partition coefficient (Wildman–Crippen LogP) is 2.69. The van der Waals surface area contributed by atoms with Crippen molar-refractivity contribution >= 4 is 0 Å². The van der Waals surface area contributed by atoms with Crippen molar-refractivity contribution < 1.29 is 4.74 Å². The molecule has 0 saturated carbocycles. The highest BCUT2D eigenvalue weighted by molar-refractivity contribution is 5.27. The van der Waals surface area contributed by atoms with Gasteiger partial charge in [-0.15, -0.1) is 0 Å². The number of benzene rings is 1. The van der Waals surface area contributed by atoms with Crippen molar-refractivity contribution in [2.24, 2.45) is 5.92 Å². The molecule has 112 valence electrons. The van der Waals surface area contributed by atoms with E-state index in [9.17, 15) is 0 Å². The van der Waals surface area contributed by atoms with Gasteiger partial charge in [0, 0.05) is 31.7 Å². The fraction of sp³-hybridized carbons (Fsp3) is 0.647. The summed E-state index contributed by atoms with van der Waals surface area (Å²) in [6.07, 6.45) is 0. The molecular weight excluding hydrogens is 248 g/mol. The highest BCUT2D eigenvalue weighted by Gasteiger charge is 2.26. The van der Waals surface area contributed by atoms with Crippen LogP contribution in [0.3, 0.4) is 0 Å². The van der Waals surface area contributed by atoms with Gasteiger partial charge in [0.05, 0.1) is 0 Å². The van der Waals surface area contributed by atoms with Crippen LogP contribution in [0.1, 0.15) is 26.3 Å². The summed E-state index contributed by atoms with van der Waals surface area (Å²) in [6.45, 7) is 12.9. The third-order valence-electron chi connectivity index (χ3n) is 4.17. The second-order valence-electron chi connectivity index (χ2n) is 6.27. The summed E-state index contributed by atoms with van der Waals surface area (Å²) >= 11 is 0. The van der Waals surface area contributed by atoms with E-state index in [-0.39, 0.29) is 0 Å². The molecular formula is C17H28N2O. The molecule has 1 aromatic carbocycles. The minimum Gasteiger partial charge on any atom is -0.492 e. The van der Waals surface area contributed by atoms with Crippen molar-refractivity contribution in [2.45, 2.75) is 39.8 Å². The standard InChI is InChI=1S/C17H28N2O/c1-13(2)17-12-19(15(4)11-18-17)8-9-20-16-7-5-6-14(3)10-16/h5-7,10,13,15,17-18H,8-9,11-12H2,1-4H3. The van der Waals surface area contributed by atoms with Crippen molar-refractivity contribution in [3.05, 3.63) is 29.8 Å². The molecule has 0 aromatic heterocycles. The minimum absolute atomic E-state index is 0.589. The Bertz CT molecular complexity index is 419. The highest BCUT2D eigenvalue weighted by Crippen LogP contribution is 2.14. The van der Waals surface area contributed by atoms with Crippen molar-refractivity contribution in [2.75, 3.05) is 26.2 Å². The first-order chi connectivity index (χ1) is 9.56. The molecule has 1 heterocycles. The summed E-state index contributed by atoms with van der Waals surface area (Å²) in [5.41, 5.74) is 1.25. The van der Waals surface area contributed by atoms with Crippen LogP contribution in [-0.2, 0) is 0 Å². The zero-order valence-corrected chi connectivity index (χ0v) is 13.2. The maximum atomic E-state index is 5.87. The molecule has 0 spiro atoms.